The van der Waals surface area contributed by atoms with Crippen LogP contribution in [0.1, 0.15) is 60.1 Å². The zero-order valence-corrected chi connectivity index (χ0v) is 35.8. The predicted octanol–water partition coefficient (Wildman–Crippen LogP) is 1.63. The second kappa shape index (κ2) is 19.8. The van der Waals surface area contributed by atoms with Crippen molar-refractivity contribution >= 4 is 60.6 Å². The van der Waals surface area contributed by atoms with Gasteiger partial charge < -0.3 is 41.4 Å². The van der Waals surface area contributed by atoms with Crippen molar-refractivity contribution in [2.45, 2.75) is 69.5 Å². The summed E-state index contributed by atoms with van der Waals surface area (Å²) in [5.41, 5.74) is 13.9. The van der Waals surface area contributed by atoms with Gasteiger partial charge in [0.2, 0.25) is 0 Å². The Bertz CT molecular complexity index is 2120. The number of nitrogens with two attached hydrogens (primary N) is 2. The monoisotopic (exact) mass is 889 g/mol. The largest absolute Gasteiger partial charge is 0.484 e. The first-order valence-corrected chi connectivity index (χ1v) is 24.2. The van der Waals surface area contributed by atoms with Gasteiger partial charge in [0, 0.05) is 24.9 Å². The van der Waals surface area contributed by atoms with Crippen LogP contribution in [-0.2, 0) is 42.1 Å². The molecule has 3 saturated heterocycles. The van der Waals surface area contributed by atoms with E-state index in [4.69, 9.17) is 32.5 Å². The number of benzene rings is 2. The maximum absolute atomic E-state index is 13.3. The zero-order valence-electron chi connectivity index (χ0n) is 33.4. The number of carbonyl (C=O) groups is 3. The minimum Gasteiger partial charge on any atom is -0.484 e. The van der Waals surface area contributed by atoms with E-state index in [1.54, 1.807) is 0 Å². The fraction of sp³-hybridized carbons (Fsp3) is 0.525. The molecule has 3 unspecified atom stereocenters. The van der Waals surface area contributed by atoms with Gasteiger partial charge in [0.1, 0.15) is 11.5 Å². The standard InChI is InChI=1S/C40H53ClN8O9S2/c41-37-39(43)48-38(42)36(47-37)40(52)46-29-6-3-19-49(22-29,17-1-4-27-7-11-32(12-8-27)57-23-34(50)44-30-15-20-59(53,54)25-30)18-2-5-28-9-13-33(14-10-28)58-24-35(51)45-31-16-21-60(55,56)26-31/h7-14,29-31H,1-6,15-26H2,(H6-,42,43,44,45,46,48,50,51,52)/p+1. The fourth-order valence-corrected chi connectivity index (χ4v) is 11.7. The molecule has 0 aliphatic carbocycles. The summed E-state index contributed by atoms with van der Waals surface area (Å²) >= 11 is 6.06. The summed E-state index contributed by atoms with van der Waals surface area (Å²) in [7, 11) is -6.19. The quantitative estimate of drug-likeness (QED) is 0.114. The number of aryl methyl sites for hydroxylation is 2. The molecular weight excluding hydrogens is 836 g/mol. The normalized spacial score (nSPS) is 23.1. The van der Waals surface area contributed by atoms with E-state index in [9.17, 15) is 31.2 Å². The van der Waals surface area contributed by atoms with Crippen molar-refractivity contribution in [2.75, 3.05) is 73.9 Å². The molecule has 3 fully saturated rings. The number of hydrogen-bond acceptors (Lipinski definition) is 13. The third-order valence-electron chi connectivity index (χ3n) is 11.2. The van der Waals surface area contributed by atoms with Gasteiger partial charge in [0.15, 0.2) is 55.4 Å². The molecule has 1 aromatic heterocycles. The summed E-state index contributed by atoms with van der Waals surface area (Å²) in [5.74, 6) is -0.129. The van der Waals surface area contributed by atoms with Gasteiger partial charge >= 0.3 is 0 Å². The van der Waals surface area contributed by atoms with Crippen LogP contribution in [0.25, 0.3) is 0 Å². The Kier molecular flexibility index (Phi) is 14.8. The maximum Gasteiger partial charge on any atom is 0.274 e. The van der Waals surface area contributed by atoms with E-state index >= 15 is 0 Å². The molecule has 3 aliphatic rings. The van der Waals surface area contributed by atoms with E-state index in [1.807, 2.05) is 48.5 Å². The van der Waals surface area contributed by atoms with Gasteiger partial charge in [-0.1, -0.05) is 35.9 Å². The molecule has 2 aromatic carbocycles. The lowest BCUT2D eigenvalue weighted by molar-refractivity contribution is -0.933. The first kappa shape index (κ1) is 44.8. The van der Waals surface area contributed by atoms with Crippen LogP contribution in [0.2, 0.25) is 5.15 Å². The Morgan fingerprint density at radius 2 is 1.20 bits per heavy atom. The Labute approximate surface area is 355 Å². The predicted molar refractivity (Wildman–Crippen MR) is 227 cm³/mol. The number of amides is 3. The Hall–Kier alpha value is -4.72. The lowest BCUT2D eigenvalue weighted by Gasteiger charge is -2.45. The van der Waals surface area contributed by atoms with E-state index < -0.39 is 25.6 Å². The van der Waals surface area contributed by atoms with Crippen molar-refractivity contribution in [3.8, 4) is 11.5 Å². The van der Waals surface area contributed by atoms with E-state index in [0.717, 1.165) is 73.8 Å². The number of carbonyl (C=O) groups excluding carboxylic acids is 3. The molecule has 326 valence electrons. The van der Waals surface area contributed by atoms with Crippen LogP contribution in [0.5, 0.6) is 11.5 Å². The highest BCUT2D eigenvalue weighted by atomic mass is 35.5. The molecule has 6 rings (SSSR count). The fourth-order valence-electron chi connectivity index (χ4n) is 8.22. The second-order valence-electron chi connectivity index (χ2n) is 16.0. The molecule has 7 N–H and O–H groups in total. The summed E-state index contributed by atoms with van der Waals surface area (Å²) in [6.07, 6.45) is 5.91. The van der Waals surface area contributed by atoms with Gasteiger partial charge in [-0.05, 0) is 73.9 Å². The number of ether oxygens (including phenoxy) is 2. The number of nitrogen functional groups attached to an aromatic ring is 2. The molecule has 3 atom stereocenters. The summed E-state index contributed by atoms with van der Waals surface area (Å²) in [6.45, 7) is 3.01. The van der Waals surface area contributed by atoms with Gasteiger partial charge in [-0.2, -0.15) is 0 Å². The number of quaternary nitrogens is 1. The number of anilines is 2. The summed E-state index contributed by atoms with van der Waals surface area (Å²) < 4.78 is 58.9. The molecule has 4 heterocycles. The summed E-state index contributed by atoms with van der Waals surface area (Å²) in [5, 5.41) is 8.50. The van der Waals surface area contributed by atoms with Gasteiger partial charge in [-0.15, -0.1) is 0 Å². The summed E-state index contributed by atoms with van der Waals surface area (Å²) in [4.78, 5) is 46.0. The average Bonchev–Trinajstić information content (AvgIpc) is 3.73. The Morgan fingerprint density at radius 1 is 0.700 bits per heavy atom. The van der Waals surface area contributed by atoms with Gasteiger partial charge in [0.05, 0.1) is 55.2 Å². The van der Waals surface area contributed by atoms with Crippen LogP contribution in [0.15, 0.2) is 48.5 Å². The number of nitrogens with zero attached hydrogens (tertiary/aromatic N) is 3. The Balaban J connectivity index is 1.02. The third kappa shape index (κ3) is 13.1. The number of nitrogens with one attached hydrogen (secondary N) is 3. The SMILES string of the molecule is Nc1nc(N)c(C(=O)NC2CCC[N+](CCCc3ccc(OCC(=O)NC4CCS(=O)(=O)C4)cc3)(CCCc3ccc(OCC(=O)NC4CCS(=O)(=O)C4)cc3)C2)nc1Cl. The van der Waals surface area contributed by atoms with Crippen LogP contribution in [0.4, 0.5) is 11.6 Å². The number of sulfone groups is 2. The van der Waals surface area contributed by atoms with E-state index in [0.29, 0.717) is 30.9 Å². The highest BCUT2D eigenvalue weighted by molar-refractivity contribution is 7.91. The topological polar surface area (TPSA) is 252 Å². The molecular formula is C40H54ClN8O9S2+. The van der Waals surface area contributed by atoms with Crippen LogP contribution in [-0.4, -0.2) is 130 Å². The molecule has 60 heavy (non-hydrogen) atoms. The van der Waals surface area contributed by atoms with Crippen LogP contribution in [0, 0.1) is 0 Å². The van der Waals surface area contributed by atoms with E-state index in [-0.39, 0.29) is 88.6 Å². The number of halogens is 1. The number of rotatable bonds is 18. The highest BCUT2D eigenvalue weighted by Gasteiger charge is 2.36. The summed E-state index contributed by atoms with van der Waals surface area (Å²) in [6, 6.07) is 14.3. The van der Waals surface area contributed by atoms with Crippen LogP contribution < -0.4 is 36.9 Å². The highest BCUT2D eigenvalue weighted by Crippen LogP contribution is 2.25. The Morgan fingerprint density at radius 3 is 1.67 bits per heavy atom. The van der Waals surface area contributed by atoms with Crippen molar-refractivity contribution in [2.24, 2.45) is 0 Å². The number of piperidine rings is 1. The molecule has 20 heteroatoms. The molecule has 3 aromatic rings. The van der Waals surface area contributed by atoms with E-state index in [1.165, 1.54) is 0 Å². The van der Waals surface area contributed by atoms with Gasteiger partial charge in [-0.25, -0.2) is 26.8 Å². The van der Waals surface area contributed by atoms with Crippen molar-refractivity contribution in [3.05, 3.63) is 70.5 Å². The first-order valence-electron chi connectivity index (χ1n) is 20.2. The molecule has 17 nitrogen and oxygen atoms in total. The number of hydrogen-bond donors (Lipinski definition) is 5. The zero-order chi connectivity index (χ0) is 42.9. The van der Waals surface area contributed by atoms with Crippen molar-refractivity contribution in [1.82, 2.24) is 25.9 Å². The lowest BCUT2D eigenvalue weighted by Crippen LogP contribution is -2.60. The smallest absolute Gasteiger partial charge is 0.274 e. The minimum atomic E-state index is -3.09. The number of likely N-dealkylation sites (tertiary alicyclic amines) is 1. The average molecular weight is 891 g/mol. The molecule has 0 spiro atoms. The van der Waals surface area contributed by atoms with Crippen LogP contribution in [0.3, 0.4) is 0 Å². The molecule has 0 radical (unpaired) electrons. The minimum absolute atomic E-state index is 0.0410. The molecule has 0 saturated carbocycles. The molecule has 3 aliphatic heterocycles. The van der Waals surface area contributed by atoms with Gasteiger partial charge in [0.25, 0.3) is 17.7 Å². The second-order valence-corrected chi connectivity index (χ2v) is 20.9. The van der Waals surface area contributed by atoms with Crippen molar-refractivity contribution in [1.29, 1.82) is 0 Å². The molecule has 0 bridgehead atoms. The first-order chi connectivity index (χ1) is 28.5. The molecule has 3 amide bonds. The van der Waals surface area contributed by atoms with Crippen molar-refractivity contribution in [3.63, 3.8) is 0 Å². The number of aromatic nitrogens is 2. The third-order valence-corrected chi connectivity index (χ3v) is 15.0. The lowest BCUT2D eigenvalue weighted by atomic mass is 9.99. The van der Waals surface area contributed by atoms with Crippen LogP contribution >= 0.6 is 11.6 Å². The van der Waals surface area contributed by atoms with Crippen molar-refractivity contribution < 1.29 is 45.2 Å². The van der Waals surface area contributed by atoms with E-state index in [2.05, 4.69) is 25.9 Å². The van der Waals surface area contributed by atoms with Gasteiger partial charge in [-0.3, -0.25) is 14.4 Å². The maximum atomic E-state index is 13.3.